The molecule has 60 valence electrons. The van der Waals surface area contributed by atoms with Crippen molar-refractivity contribution >= 4 is 16.7 Å². The van der Waals surface area contributed by atoms with E-state index in [0.717, 1.165) is 23.5 Å². The number of nitrogens with zero attached hydrogens (tertiary/aromatic N) is 2. The molecule has 1 saturated carbocycles. The van der Waals surface area contributed by atoms with Crippen molar-refractivity contribution in [2.75, 3.05) is 11.9 Å². The van der Waals surface area contributed by atoms with Gasteiger partial charge in [0.25, 0.3) is 0 Å². The maximum atomic E-state index is 4.04. The molecule has 1 heterocycles. The second-order valence-electron chi connectivity index (χ2n) is 3.10. The normalized spacial score (nSPS) is 28.5. The zero-order valence-electron chi connectivity index (χ0n) is 6.45. The summed E-state index contributed by atoms with van der Waals surface area (Å²) in [5.74, 6) is 1.79. The van der Waals surface area contributed by atoms with Crippen LogP contribution >= 0.6 is 11.5 Å². The predicted octanol–water partition coefficient (Wildman–Crippen LogP) is 1.61. The summed E-state index contributed by atoms with van der Waals surface area (Å²) in [6, 6.07) is 0. The molecule has 0 spiro atoms. The highest BCUT2D eigenvalue weighted by Crippen LogP contribution is 2.37. The molecule has 0 amide bonds. The maximum absolute atomic E-state index is 4.04. The van der Waals surface area contributed by atoms with E-state index in [4.69, 9.17) is 0 Å². The van der Waals surface area contributed by atoms with E-state index >= 15 is 0 Å². The van der Waals surface area contributed by atoms with Crippen molar-refractivity contribution in [3.05, 3.63) is 6.33 Å². The van der Waals surface area contributed by atoms with Gasteiger partial charge in [-0.2, -0.15) is 4.37 Å². The van der Waals surface area contributed by atoms with E-state index in [1.807, 2.05) is 0 Å². The number of nitrogens with one attached hydrogen (secondary N) is 1. The molecular weight excluding hydrogens is 158 g/mol. The van der Waals surface area contributed by atoms with Crippen LogP contribution in [0.3, 0.4) is 0 Å². The molecule has 1 N–H and O–H groups in total. The maximum Gasteiger partial charge on any atom is 0.202 e. The van der Waals surface area contributed by atoms with Crippen LogP contribution in [-0.2, 0) is 0 Å². The monoisotopic (exact) mass is 169 g/mol. The molecule has 11 heavy (non-hydrogen) atoms. The van der Waals surface area contributed by atoms with Gasteiger partial charge in [0.1, 0.15) is 6.33 Å². The van der Waals surface area contributed by atoms with E-state index in [2.05, 4.69) is 21.6 Å². The summed E-state index contributed by atoms with van der Waals surface area (Å²) < 4.78 is 3.91. The van der Waals surface area contributed by atoms with Crippen molar-refractivity contribution in [3.8, 4) is 0 Å². The van der Waals surface area contributed by atoms with Gasteiger partial charge in [0.2, 0.25) is 5.13 Å². The fraction of sp³-hybridized carbons (Fsp3) is 0.714. The first-order valence-corrected chi connectivity index (χ1v) is 4.64. The van der Waals surface area contributed by atoms with Gasteiger partial charge in [0.05, 0.1) is 0 Å². The van der Waals surface area contributed by atoms with E-state index < -0.39 is 0 Å². The molecule has 1 aliphatic rings. The minimum absolute atomic E-state index is 0.874. The van der Waals surface area contributed by atoms with Gasteiger partial charge in [-0.3, -0.25) is 0 Å². The molecule has 1 fully saturated rings. The highest BCUT2D eigenvalue weighted by Gasteiger charge is 2.31. The van der Waals surface area contributed by atoms with Gasteiger partial charge in [-0.1, -0.05) is 6.92 Å². The number of anilines is 1. The summed E-state index contributed by atoms with van der Waals surface area (Å²) in [5, 5.41) is 4.21. The van der Waals surface area contributed by atoms with Crippen molar-refractivity contribution in [1.29, 1.82) is 0 Å². The van der Waals surface area contributed by atoms with Crippen LogP contribution in [0.5, 0.6) is 0 Å². The Kier molecular flexibility index (Phi) is 1.77. The van der Waals surface area contributed by atoms with Crippen LogP contribution in [-0.4, -0.2) is 15.9 Å². The average Bonchev–Trinajstić information content (AvgIpc) is 2.55. The molecule has 0 saturated heterocycles. The van der Waals surface area contributed by atoms with Gasteiger partial charge in [-0.15, -0.1) is 0 Å². The van der Waals surface area contributed by atoms with Gasteiger partial charge >= 0.3 is 0 Å². The van der Waals surface area contributed by atoms with E-state index in [1.165, 1.54) is 18.0 Å². The van der Waals surface area contributed by atoms with E-state index in [9.17, 15) is 0 Å². The van der Waals surface area contributed by atoms with Gasteiger partial charge in [-0.25, -0.2) is 4.98 Å². The Bertz CT molecular complexity index is 222. The summed E-state index contributed by atoms with van der Waals surface area (Å²) in [6.45, 7) is 3.35. The minimum Gasteiger partial charge on any atom is -0.360 e. The first kappa shape index (κ1) is 7.03. The Morgan fingerprint density at radius 2 is 2.64 bits per heavy atom. The molecule has 0 aliphatic heterocycles. The van der Waals surface area contributed by atoms with Gasteiger partial charge in [-0.05, 0) is 18.3 Å². The van der Waals surface area contributed by atoms with E-state index in [-0.39, 0.29) is 0 Å². The highest BCUT2D eigenvalue weighted by molar-refractivity contribution is 7.09. The Morgan fingerprint density at radius 3 is 3.18 bits per heavy atom. The number of hydrogen-bond donors (Lipinski definition) is 1. The van der Waals surface area contributed by atoms with E-state index in [0.29, 0.717) is 0 Å². The standard InChI is InChI=1S/C7H11N3S/c1-5-2-6(5)3-8-7-9-4-10-11-7/h4-6H,2-3H2,1H3,(H,8,9,10). The Balaban J connectivity index is 1.75. The van der Waals surface area contributed by atoms with Crippen LogP contribution in [0.2, 0.25) is 0 Å². The van der Waals surface area contributed by atoms with E-state index in [1.54, 1.807) is 6.33 Å². The third kappa shape index (κ3) is 1.68. The van der Waals surface area contributed by atoms with Crippen molar-refractivity contribution in [3.63, 3.8) is 0 Å². The Hall–Kier alpha value is -0.640. The second kappa shape index (κ2) is 2.77. The molecular formula is C7H11N3S. The van der Waals surface area contributed by atoms with Crippen LogP contribution in [0.4, 0.5) is 5.13 Å². The van der Waals surface area contributed by atoms with Crippen LogP contribution in [0.1, 0.15) is 13.3 Å². The second-order valence-corrected chi connectivity index (χ2v) is 3.88. The molecule has 1 aromatic rings. The molecule has 1 aliphatic carbocycles. The van der Waals surface area contributed by atoms with Crippen LogP contribution in [0.15, 0.2) is 6.33 Å². The highest BCUT2D eigenvalue weighted by atomic mass is 32.1. The van der Waals surface area contributed by atoms with Crippen molar-refractivity contribution < 1.29 is 0 Å². The number of aromatic nitrogens is 2. The lowest BCUT2D eigenvalue weighted by Crippen LogP contribution is -2.03. The number of hydrogen-bond acceptors (Lipinski definition) is 4. The average molecular weight is 169 g/mol. The SMILES string of the molecule is CC1CC1CNc1ncns1. The summed E-state index contributed by atoms with van der Waals surface area (Å²) >= 11 is 1.42. The molecule has 1 aromatic heterocycles. The zero-order valence-corrected chi connectivity index (χ0v) is 7.27. The summed E-state index contributed by atoms with van der Waals surface area (Å²) in [6.07, 6.45) is 2.95. The first-order valence-electron chi connectivity index (χ1n) is 3.87. The summed E-state index contributed by atoms with van der Waals surface area (Å²) in [4.78, 5) is 4.04. The summed E-state index contributed by atoms with van der Waals surface area (Å²) in [7, 11) is 0. The van der Waals surface area contributed by atoms with Gasteiger partial charge in [0, 0.05) is 18.1 Å². The number of rotatable bonds is 3. The lowest BCUT2D eigenvalue weighted by molar-refractivity contribution is 0.786. The lowest BCUT2D eigenvalue weighted by atomic mass is 10.3. The van der Waals surface area contributed by atoms with Crippen LogP contribution in [0, 0.1) is 11.8 Å². The van der Waals surface area contributed by atoms with Crippen LogP contribution in [0.25, 0.3) is 0 Å². The molecule has 0 aromatic carbocycles. The van der Waals surface area contributed by atoms with Gasteiger partial charge in [0.15, 0.2) is 0 Å². The molecule has 0 bridgehead atoms. The largest absolute Gasteiger partial charge is 0.360 e. The smallest absolute Gasteiger partial charge is 0.202 e. The molecule has 3 nitrogen and oxygen atoms in total. The fourth-order valence-corrected chi connectivity index (χ4v) is 1.59. The lowest BCUT2D eigenvalue weighted by Gasteiger charge is -1.97. The zero-order chi connectivity index (χ0) is 7.68. The Labute approximate surface area is 70.0 Å². The fourth-order valence-electron chi connectivity index (χ4n) is 1.15. The van der Waals surface area contributed by atoms with Gasteiger partial charge < -0.3 is 5.32 Å². The third-order valence-corrected chi connectivity index (χ3v) is 2.78. The van der Waals surface area contributed by atoms with Crippen molar-refractivity contribution in [1.82, 2.24) is 9.36 Å². The molecule has 2 atom stereocenters. The first-order chi connectivity index (χ1) is 5.36. The van der Waals surface area contributed by atoms with Crippen LogP contribution < -0.4 is 5.32 Å². The minimum atomic E-state index is 0.874. The molecule has 2 unspecified atom stereocenters. The summed E-state index contributed by atoms with van der Waals surface area (Å²) in [5.41, 5.74) is 0. The third-order valence-electron chi connectivity index (χ3n) is 2.15. The van der Waals surface area contributed by atoms with Crippen molar-refractivity contribution in [2.24, 2.45) is 11.8 Å². The molecule has 2 rings (SSSR count). The molecule has 0 radical (unpaired) electrons. The molecule has 4 heteroatoms. The Morgan fingerprint density at radius 1 is 1.82 bits per heavy atom. The quantitative estimate of drug-likeness (QED) is 0.747. The predicted molar refractivity (Wildman–Crippen MR) is 45.7 cm³/mol. The topological polar surface area (TPSA) is 37.8 Å². The van der Waals surface area contributed by atoms with Crippen molar-refractivity contribution in [2.45, 2.75) is 13.3 Å².